The molecule has 1 aromatic carbocycles. The molecule has 7 nitrogen and oxygen atoms in total. The van der Waals surface area contributed by atoms with Crippen molar-refractivity contribution in [3.8, 4) is 0 Å². The van der Waals surface area contributed by atoms with E-state index in [1.807, 2.05) is 6.92 Å². The molecule has 34 heavy (non-hydrogen) atoms. The number of aliphatic carboxylic acids is 1. The molecule has 0 aliphatic heterocycles. The molecule has 0 spiro atoms. The second kappa shape index (κ2) is 9.96. The van der Waals surface area contributed by atoms with Gasteiger partial charge in [0.05, 0.1) is 17.8 Å². The van der Waals surface area contributed by atoms with Gasteiger partial charge in [0.25, 0.3) is 0 Å². The number of hydrogen-bond donors (Lipinski definition) is 3. The lowest BCUT2D eigenvalue weighted by atomic mass is 9.75. The number of anilines is 3. The molecule has 4 rings (SSSR count). The number of nitrogens with one attached hydrogen (secondary N) is 2. The Morgan fingerprint density at radius 3 is 2.53 bits per heavy atom. The van der Waals surface area contributed by atoms with Crippen molar-refractivity contribution in [3.05, 3.63) is 29.6 Å². The average Bonchev–Trinajstić information content (AvgIpc) is 3.51. The smallest absolute Gasteiger partial charge is 0.303 e. The second-order valence-electron chi connectivity index (χ2n) is 11.7. The largest absolute Gasteiger partial charge is 0.481 e. The molecular formula is C27H41N5O2. The van der Waals surface area contributed by atoms with E-state index < -0.39 is 5.97 Å². The first kappa shape index (κ1) is 24.6. The normalized spacial score (nSPS) is 19.2. The summed E-state index contributed by atoms with van der Waals surface area (Å²) in [5.41, 5.74) is 3.54. The van der Waals surface area contributed by atoms with Crippen molar-refractivity contribution in [2.45, 2.75) is 97.4 Å². The topological polar surface area (TPSA) is 94.1 Å². The maximum Gasteiger partial charge on any atom is 0.303 e. The van der Waals surface area contributed by atoms with Crippen molar-refractivity contribution < 1.29 is 9.90 Å². The maximum absolute atomic E-state index is 11.3. The van der Waals surface area contributed by atoms with Gasteiger partial charge in [-0.1, -0.05) is 40.7 Å². The van der Waals surface area contributed by atoms with Crippen LogP contribution in [0, 0.1) is 11.3 Å². The lowest BCUT2D eigenvalue weighted by molar-refractivity contribution is -0.137. The van der Waals surface area contributed by atoms with E-state index in [-0.39, 0.29) is 12.3 Å². The fraction of sp³-hybridized carbons (Fsp3) is 0.667. The molecule has 0 unspecified atom stereocenters. The van der Waals surface area contributed by atoms with E-state index in [1.54, 1.807) is 0 Å². The SMILES string of the molecule is CC(C)CN(c1ccc([C@H](C)CC(=O)O)cc1Nc1n[nH]c(C2CC2)n1)C1CCC(C)(C)CC1. The number of nitrogens with zero attached hydrogens (tertiary/aromatic N) is 3. The standard InChI is InChI=1S/C27H41N5O2/c1-17(2)16-32(21-10-12-27(4,5)13-11-21)23-9-8-20(18(3)14-24(33)34)15-22(23)28-26-29-25(30-31-26)19-6-7-19/h8-9,15,17-19,21H,6-7,10-14,16H2,1-5H3,(H,33,34)(H2,28,29,30,31)/t18-/m1/s1. The van der Waals surface area contributed by atoms with Crippen molar-refractivity contribution in [1.82, 2.24) is 15.2 Å². The monoisotopic (exact) mass is 467 g/mol. The first-order valence-electron chi connectivity index (χ1n) is 12.9. The summed E-state index contributed by atoms with van der Waals surface area (Å²) in [6.45, 7) is 12.2. The number of aromatic nitrogens is 3. The number of hydrogen-bond acceptors (Lipinski definition) is 5. The molecule has 0 amide bonds. The van der Waals surface area contributed by atoms with Gasteiger partial charge in [0.2, 0.25) is 5.95 Å². The zero-order valence-electron chi connectivity index (χ0n) is 21.4. The van der Waals surface area contributed by atoms with Crippen molar-refractivity contribution in [2.75, 3.05) is 16.8 Å². The van der Waals surface area contributed by atoms with Gasteiger partial charge in [0, 0.05) is 18.5 Å². The Bertz CT molecular complexity index is 985. The van der Waals surface area contributed by atoms with Crippen LogP contribution in [-0.2, 0) is 4.79 Å². The molecule has 1 heterocycles. The number of H-pyrrole nitrogens is 1. The van der Waals surface area contributed by atoms with Crippen LogP contribution in [0.5, 0.6) is 0 Å². The molecule has 0 saturated heterocycles. The third kappa shape index (κ3) is 6.10. The van der Waals surface area contributed by atoms with Crippen molar-refractivity contribution >= 4 is 23.3 Å². The molecular weight excluding hydrogens is 426 g/mol. The van der Waals surface area contributed by atoms with Crippen LogP contribution >= 0.6 is 0 Å². The fourth-order valence-electron chi connectivity index (χ4n) is 5.11. The van der Waals surface area contributed by atoms with E-state index in [9.17, 15) is 9.90 Å². The molecule has 0 radical (unpaired) electrons. The molecule has 2 fully saturated rings. The van der Waals surface area contributed by atoms with Crippen LogP contribution in [0.2, 0.25) is 0 Å². The lowest BCUT2D eigenvalue weighted by Crippen LogP contribution is -2.42. The average molecular weight is 468 g/mol. The van der Waals surface area contributed by atoms with E-state index >= 15 is 0 Å². The van der Waals surface area contributed by atoms with Crippen LogP contribution in [0.3, 0.4) is 0 Å². The van der Waals surface area contributed by atoms with Gasteiger partial charge in [0.1, 0.15) is 5.82 Å². The van der Waals surface area contributed by atoms with Crippen molar-refractivity contribution in [2.24, 2.45) is 11.3 Å². The molecule has 186 valence electrons. The van der Waals surface area contributed by atoms with Crippen LogP contribution < -0.4 is 10.2 Å². The number of aromatic amines is 1. The summed E-state index contributed by atoms with van der Waals surface area (Å²) in [5.74, 6) is 1.72. The Morgan fingerprint density at radius 2 is 1.91 bits per heavy atom. The van der Waals surface area contributed by atoms with E-state index in [2.05, 4.69) is 66.3 Å². The van der Waals surface area contributed by atoms with Gasteiger partial charge in [-0.05, 0) is 73.5 Å². The quantitative estimate of drug-likeness (QED) is 0.372. The van der Waals surface area contributed by atoms with Gasteiger partial charge >= 0.3 is 5.97 Å². The van der Waals surface area contributed by atoms with Gasteiger partial charge in [-0.15, -0.1) is 5.10 Å². The molecule has 2 saturated carbocycles. The third-order valence-corrected chi connectivity index (χ3v) is 7.40. The molecule has 2 aromatic rings. The van der Waals surface area contributed by atoms with Gasteiger partial charge in [-0.3, -0.25) is 9.89 Å². The van der Waals surface area contributed by atoms with Crippen LogP contribution in [0.25, 0.3) is 0 Å². The van der Waals surface area contributed by atoms with Gasteiger partial charge in [-0.25, -0.2) is 0 Å². The number of carboxylic acid groups (broad SMARTS) is 1. The summed E-state index contributed by atoms with van der Waals surface area (Å²) in [4.78, 5) is 18.6. The molecule has 7 heteroatoms. The van der Waals surface area contributed by atoms with Crippen LogP contribution in [-0.4, -0.2) is 38.8 Å². The molecule has 0 bridgehead atoms. The minimum atomic E-state index is -0.777. The van der Waals surface area contributed by atoms with E-state index in [4.69, 9.17) is 4.98 Å². The van der Waals surface area contributed by atoms with Gasteiger partial charge in [0.15, 0.2) is 0 Å². The van der Waals surface area contributed by atoms with Gasteiger partial charge < -0.3 is 15.3 Å². The molecule has 3 N–H and O–H groups in total. The number of benzene rings is 1. The van der Waals surface area contributed by atoms with Crippen molar-refractivity contribution in [3.63, 3.8) is 0 Å². The third-order valence-electron chi connectivity index (χ3n) is 7.40. The highest BCUT2D eigenvalue weighted by atomic mass is 16.4. The summed E-state index contributed by atoms with van der Waals surface area (Å²) >= 11 is 0. The Balaban J connectivity index is 1.67. The van der Waals surface area contributed by atoms with Crippen molar-refractivity contribution in [1.29, 1.82) is 0 Å². The highest BCUT2D eigenvalue weighted by molar-refractivity contribution is 5.75. The summed E-state index contributed by atoms with van der Waals surface area (Å²) in [7, 11) is 0. The Kier molecular flexibility index (Phi) is 7.20. The predicted octanol–water partition coefficient (Wildman–Crippen LogP) is 6.44. The summed E-state index contributed by atoms with van der Waals surface area (Å²) in [6, 6.07) is 6.87. The molecule has 1 atom stereocenters. The van der Waals surface area contributed by atoms with Gasteiger partial charge in [-0.2, -0.15) is 4.98 Å². The Morgan fingerprint density at radius 1 is 1.21 bits per heavy atom. The van der Waals surface area contributed by atoms with Crippen LogP contribution in [0.15, 0.2) is 18.2 Å². The minimum absolute atomic E-state index is 0.0738. The Labute approximate surface area is 203 Å². The lowest BCUT2D eigenvalue weighted by Gasteiger charge is -2.42. The summed E-state index contributed by atoms with van der Waals surface area (Å²) in [6.07, 6.45) is 7.28. The fourth-order valence-corrected chi connectivity index (χ4v) is 5.11. The van der Waals surface area contributed by atoms with E-state index in [1.165, 1.54) is 38.5 Å². The second-order valence-corrected chi connectivity index (χ2v) is 11.7. The zero-order chi connectivity index (χ0) is 24.5. The van der Waals surface area contributed by atoms with E-state index in [0.717, 1.165) is 29.3 Å². The van der Waals surface area contributed by atoms with E-state index in [0.29, 0.717) is 29.2 Å². The zero-order valence-corrected chi connectivity index (χ0v) is 21.4. The summed E-state index contributed by atoms with van der Waals surface area (Å²) in [5, 5.41) is 20.3. The number of carbonyl (C=O) groups is 1. The van der Waals surface area contributed by atoms with Crippen LogP contribution in [0.4, 0.5) is 17.3 Å². The maximum atomic E-state index is 11.3. The highest BCUT2D eigenvalue weighted by Gasteiger charge is 2.32. The highest BCUT2D eigenvalue weighted by Crippen LogP contribution is 2.42. The Hall–Kier alpha value is -2.57. The minimum Gasteiger partial charge on any atom is -0.481 e. The number of carboxylic acids is 1. The first-order valence-corrected chi connectivity index (χ1v) is 12.9. The summed E-state index contributed by atoms with van der Waals surface area (Å²) < 4.78 is 0. The first-order chi connectivity index (χ1) is 16.1. The molecule has 1 aromatic heterocycles. The predicted molar refractivity (Wildman–Crippen MR) is 137 cm³/mol. The molecule has 2 aliphatic rings. The number of rotatable bonds is 10. The molecule has 2 aliphatic carbocycles. The van der Waals surface area contributed by atoms with Crippen LogP contribution in [0.1, 0.15) is 103 Å².